The minimum absolute atomic E-state index is 0.0317. The van der Waals surface area contributed by atoms with Crippen LogP contribution in [-0.2, 0) is 44.7 Å². The first-order valence-corrected chi connectivity index (χ1v) is 13.6. The van der Waals surface area contributed by atoms with E-state index in [4.69, 9.17) is 9.47 Å². The average Bonchev–Trinajstić information content (AvgIpc) is 3.58. The second-order valence-electron chi connectivity index (χ2n) is 8.45. The number of nitrogens with zero attached hydrogens (tertiary/aromatic N) is 3. The van der Waals surface area contributed by atoms with Gasteiger partial charge in [0.15, 0.2) is 10.0 Å². The summed E-state index contributed by atoms with van der Waals surface area (Å²) < 4.78 is 9.68. The van der Waals surface area contributed by atoms with Gasteiger partial charge in [-0.3, -0.25) is 14.4 Å². The summed E-state index contributed by atoms with van der Waals surface area (Å²) in [6.45, 7) is 3.99. The van der Waals surface area contributed by atoms with Crippen LogP contribution in [0.4, 0.5) is 0 Å². The van der Waals surface area contributed by atoms with Crippen LogP contribution in [0.25, 0.3) is 0 Å². The molecular weight excluding hydrogens is 502 g/mol. The van der Waals surface area contributed by atoms with Gasteiger partial charge in [0, 0.05) is 30.0 Å². The van der Waals surface area contributed by atoms with Crippen molar-refractivity contribution in [1.29, 1.82) is 0 Å². The lowest BCUT2D eigenvalue weighted by atomic mass is 10.2. The highest BCUT2D eigenvalue weighted by Gasteiger charge is 2.27. The number of aryl methyl sites for hydroxylation is 4. The Hall–Kier alpha value is -2.92. The number of esters is 2. The zero-order chi connectivity index (χ0) is 26.2. The number of fused-ring (bicyclic) bond motifs is 2. The summed E-state index contributed by atoms with van der Waals surface area (Å²) >= 11 is 2.81. The van der Waals surface area contributed by atoms with Crippen LogP contribution in [-0.4, -0.2) is 65.7 Å². The first kappa shape index (κ1) is 27.7. The Labute approximate surface area is 218 Å². The Balaban J connectivity index is 0.000000205. The van der Waals surface area contributed by atoms with Crippen LogP contribution in [0, 0.1) is 0 Å². The second-order valence-corrected chi connectivity index (χ2v) is 10.6. The number of Topliss-reactive ketones (excluding diaryl/α,β-unsaturated/α-hetero) is 2. The van der Waals surface area contributed by atoms with E-state index in [-0.39, 0.29) is 30.2 Å². The maximum Gasteiger partial charge on any atom is 0.343 e. The van der Waals surface area contributed by atoms with Crippen molar-refractivity contribution in [3.05, 3.63) is 42.9 Å². The van der Waals surface area contributed by atoms with Gasteiger partial charge < -0.3 is 14.4 Å². The summed E-state index contributed by atoms with van der Waals surface area (Å²) in [4.78, 5) is 59.8. The third kappa shape index (κ3) is 7.07. The largest absolute Gasteiger partial charge is 0.466 e. The number of carbonyl (C=O) groups is 4. The summed E-state index contributed by atoms with van der Waals surface area (Å²) in [5.74, 6) is -1.64. The van der Waals surface area contributed by atoms with E-state index in [0.29, 0.717) is 16.6 Å². The van der Waals surface area contributed by atoms with Gasteiger partial charge in [0.2, 0.25) is 11.6 Å². The molecule has 4 rings (SSSR count). The van der Waals surface area contributed by atoms with Crippen molar-refractivity contribution in [3.63, 3.8) is 0 Å². The summed E-state index contributed by atoms with van der Waals surface area (Å²) in [6, 6.07) is 0. The van der Waals surface area contributed by atoms with E-state index in [1.54, 1.807) is 32.8 Å². The fraction of sp³-hybridized carbons (Fsp3) is 0.520. The molecular formula is C25H31N3O6S2. The van der Waals surface area contributed by atoms with Gasteiger partial charge in [-0.1, -0.05) is 0 Å². The molecule has 0 fully saturated rings. The number of carbonyl (C=O) groups excluding carboxylic acids is 4. The lowest BCUT2D eigenvalue weighted by Gasteiger charge is -2.09. The van der Waals surface area contributed by atoms with Gasteiger partial charge in [0.25, 0.3) is 0 Å². The van der Waals surface area contributed by atoms with Crippen molar-refractivity contribution in [3.8, 4) is 0 Å². The quantitative estimate of drug-likeness (QED) is 0.157. The van der Waals surface area contributed by atoms with E-state index in [9.17, 15) is 19.2 Å². The molecule has 194 valence electrons. The molecule has 0 unspecified atom stereocenters. The molecule has 2 aliphatic rings. The molecule has 0 amide bonds. The Morgan fingerprint density at radius 3 is 1.94 bits per heavy atom. The predicted octanol–water partition coefficient (Wildman–Crippen LogP) is 3.59. The first-order chi connectivity index (χ1) is 17.2. The fourth-order valence-corrected chi connectivity index (χ4v) is 5.99. The van der Waals surface area contributed by atoms with Gasteiger partial charge in [-0.05, 0) is 52.4 Å². The van der Waals surface area contributed by atoms with Gasteiger partial charge in [0.1, 0.15) is 12.0 Å². The molecule has 9 nitrogen and oxygen atoms in total. The van der Waals surface area contributed by atoms with Crippen LogP contribution >= 0.6 is 22.7 Å². The number of thiazole rings is 2. The number of ketones is 2. The molecule has 0 spiro atoms. The van der Waals surface area contributed by atoms with Crippen LogP contribution in [0.5, 0.6) is 0 Å². The van der Waals surface area contributed by atoms with Crippen molar-refractivity contribution < 1.29 is 28.7 Å². The minimum atomic E-state index is -0.596. The van der Waals surface area contributed by atoms with Gasteiger partial charge in [-0.2, -0.15) is 0 Å². The number of hydrogen-bond donors (Lipinski definition) is 0. The Morgan fingerprint density at radius 2 is 1.42 bits per heavy atom. The predicted molar refractivity (Wildman–Crippen MR) is 137 cm³/mol. The summed E-state index contributed by atoms with van der Waals surface area (Å²) in [5, 5.41) is 0.841. The van der Waals surface area contributed by atoms with E-state index >= 15 is 0 Å². The van der Waals surface area contributed by atoms with Gasteiger partial charge >= 0.3 is 11.9 Å². The maximum absolute atomic E-state index is 12.5. The lowest BCUT2D eigenvalue weighted by Crippen LogP contribution is -2.19. The average molecular weight is 534 g/mol. The normalized spacial score (nSPS) is 13.8. The van der Waals surface area contributed by atoms with E-state index in [2.05, 4.69) is 9.97 Å². The number of rotatable bonds is 9. The number of hydrogen-bond acceptors (Lipinski definition) is 11. The number of aromatic nitrogens is 2. The molecule has 0 aromatic carbocycles. The smallest absolute Gasteiger partial charge is 0.343 e. The molecule has 0 N–H and O–H groups in total. The SMILES string of the molecule is CCOC(=O)/C(=C\N(C)C)C(=O)c1nc2c(s1)CCC2.CCOC(=O)CC(=O)c1nc2c(s1)CCC2. The van der Waals surface area contributed by atoms with Crippen molar-refractivity contribution in [1.82, 2.24) is 14.9 Å². The second kappa shape index (κ2) is 12.9. The molecule has 0 atom stereocenters. The third-order valence-corrected chi connectivity index (χ3v) is 7.72. The monoisotopic (exact) mass is 533 g/mol. The van der Waals surface area contributed by atoms with Gasteiger partial charge in [-0.25, -0.2) is 14.8 Å². The molecule has 2 aromatic rings. The van der Waals surface area contributed by atoms with Crippen LogP contribution < -0.4 is 0 Å². The van der Waals surface area contributed by atoms with E-state index in [1.165, 1.54) is 38.6 Å². The van der Waals surface area contributed by atoms with Crippen LogP contribution in [0.2, 0.25) is 0 Å². The molecule has 0 aliphatic heterocycles. The minimum Gasteiger partial charge on any atom is -0.466 e. The highest BCUT2D eigenvalue weighted by molar-refractivity contribution is 7.14. The molecule has 36 heavy (non-hydrogen) atoms. The highest BCUT2D eigenvalue weighted by atomic mass is 32.1. The van der Waals surface area contributed by atoms with Crippen molar-refractivity contribution in [2.45, 2.75) is 58.8 Å². The molecule has 0 bridgehead atoms. The van der Waals surface area contributed by atoms with E-state index < -0.39 is 11.9 Å². The topological polar surface area (TPSA) is 116 Å². The van der Waals surface area contributed by atoms with E-state index in [0.717, 1.165) is 49.9 Å². The van der Waals surface area contributed by atoms with Crippen molar-refractivity contribution in [2.24, 2.45) is 0 Å². The first-order valence-electron chi connectivity index (χ1n) is 12.0. The number of ether oxygens (including phenoxy) is 2. The molecule has 0 saturated heterocycles. The molecule has 11 heteroatoms. The molecule has 2 aromatic heterocycles. The molecule has 0 saturated carbocycles. The molecule has 2 aliphatic carbocycles. The van der Waals surface area contributed by atoms with Gasteiger partial charge in [0.05, 0.1) is 24.6 Å². The van der Waals surface area contributed by atoms with Gasteiger partial charge in [-0.15, -0.1) is 22.7 Å². The standard InChI is InChI=1S/C14H18N2O3S.C11H13NO3S/c1-4-19-14(18)9(8-16(2)3)12(17)13-15-10-6-5-7-11(10)20-13;1-2-15-10(14)6-8(13)11-12-7-4-3-5-9(7)16-11/h8H,4-7H2,1-3H3;2-6H2,1H3/b9-8-;. The van der Waals surface area contributed by atoms with Crippen LogP contribution in [0.1, 0.15) is 73.9 Å². The summed E-state index contributed by atoms with van der Waals surface area (Å²) in [5.41, 5.74) is 2.08. The lowest BCUT2D eigenvalue weighted by molar-refractivity contribution is -0.142. The van der Waals surface area contributed by atoms with E-state index in [1.807, 2.05) is 0 Å². The van der Waals surface area contributed by atoms with Crippen LogP contribution in [0.15, 0.2) is 11.8 Å². The summed E-state index contributed by atoms with van der Waals surface area (Å²) in [6.07, 6.45) is 7.39. The molecule has 2 heterocycles. The highest BCUT2D eigenvalue weighted by Crippen LogP contribution is 2.29. The Bertz CT molecular complexity index is 1120. The van der Waals surface area contributed by atoms with Crippen molar-refractivity contribution in [2.75, 3.05) is 27.3 Å². The zero-order valence-electron chi connectivity index (χ0n) is 21.0. The Morgan fingerprint density at radius 1 is 0.861 bits per heavy atom. The Kier molecular flexibility index (Phi) is 9.89. The molecule has 0 radical (unpaired) electrons. The fourth-order valence-electron chi connectivity index (χ4n) is 3.80. The van der Waals surface area contributed by atoms with Crippen molar-refractivity contribution >= 4 is 46.2 Å². The third-order valence-electron chi connectivity index (χ3n) is 5.36. The zero-order valence-corrected chi connectivity index (χ0v) is 22.7. The maximum atomic E-state index is 12.5. The van der Waals surface area contributed by atoms with Crippen LogP contribution in [0.3, 0.4) is 0 Å². The summed E-state index contributed by atoms with van der Waals surface area (Å²) in [7, 11) is 3.52.